The monoisotopic (exact) mass is 304 g/mol. The van der Waals surface area contributed by atoms with Crippen molar-refractivity contribution in [3.63, 3.8) is 0 Å². The van der Waals surface area contributed by atoms with Gasteiger partial charge in [0.05, 0.1) is 0 Å². The Morgan fingerprint density at radius 3 is 2.23 bits per heavy atom. The van der Waals surface area contributed by atoms with E-state index in [1.807, 2.05) is 30.3 Å². The number of phenols is 1. The van der Waals surface area contributed by atoms with E-state index in [0.717, 1.165) is 11.6 Å². The zero-order chi connectivity index (χ0) is 15.8. The van der Waals surface area contributed by atoms with Gasteiger partial charge in [0.2, 0.25) is 0 Å². The number of hydrogen-bond acceptors (Lipinski definition) is 3. The van der Waals surface area contributed by atoms with Gasteiger partial charge in [-0.25, -0.2) is 0 Å². The summed E-state index contributed by atoms with van der Waals surface area (Å²) in [4.78, 5) is 0. The highest BCUT2D eigenvalue weighted by atomic mass is 19.4. The smallest absolute Gasteiger partial charge is 0.442 e. The molecular formula is C16H11F3N2O. The van der Waals surface area contributed by atoms with Crippen molar-refractivity contribution in [3.05, 3.63) is 65.2 Å². The van der Waals surface area contributed by atoms with Crippen LogP contribution in [0.2, 0.25) is 0 Å². The third-order valence-corrected chi connectivity index (χ3v) is 3.36. The van der Waals surface area contributed by atoms with Gasteiger partial charge in [0.1, 0.15) is 5.75 Å². The van der Waals surface area contributed by atoms with Crippen LogP contribution in [0.15, 0.2) is 58.8 Å². The van der Waals surface area contributed by atoms with Crippen molar-refractivity contribution in [2.75, 3.05) is 0 Å². The number of rotatable bonds is 3. The van der Waals surface area contributed by atoms with Gasteiger partial charge in [0.25, 0.3) is 0 Å². The van der Waals surface area contributed by atoms with Gasteiger partial charge in [-0.1, -0.05) is 48.6 Å². The van der Waals surface area contributed by atoms with E-state index in [1.165, 1.54) is 12.1 Å². The van der Waals surface area contributed by atoms with E-state index in [2.05, 4.69) is 10.2 Å². The van der Waals surface area contributed by atoms with E-state index in [4.69, 9.17) is 0 Å². The molecule has 1 aliphatic heterocycles. The molecule has 0 bridgehead atoms. The third-order valence-electron chi connectivity index (χ3n) is 3.36. The Morgan fingerprint density at radius 1 is 0.955 bits per heavy atom. The molecule has 0 saturated heterocycles. The van der Waals surface area contributed by atoms with Crippen molar-refractivity contribution in [2.24, 2.45) is 10.2 Å². The zero-order valence-electron chi connectivity index (χ0n) is 11.2. The quantitative estimate of drug-likeness (QED) is 0.818. The van der Waals surface area contributed by atoms with Gasteiger partial charge in [0.15, 0.2) is 0 Å². The first-order valence-corrected chi connectivity index (χ1v) is 6.50. The lowest BCUT2D eigenvalue weighted by molar-refractivity contribution is -0.166. The van der Waals surface area contributed by atoms with Gasteiger partial charge in [-0.05, 0) is 23.3 Å². The SMILES string of the molecule is Oc1ccc(/C=C/c2ccccc2)c(C2(C(F)(F)F)N=N2)c1. The van der Waals surface area contributed by atoms with Crippen LogP contribution in [0, 0.1) is 0 Å². The second-order valence-electron chi connectivity index (χ2n) is 4.89. The van der Waals surface area contributed by atoms with Crippen molar-refractivity contribution in [1.82, 2.24) is 0 Å². The molecule has 112 valence electrons. The van der Waals surface area contributed by atoms with Gasteiger partial charge in [0, 0.05) is 5.56 Å². The van der Waals surface area contributed by atoms with Gasteiger partial charge in [-0.2, -0.15) is 13.2 Å². The number of benzene rings is 2. The molecule has 2 aromatic rings. The van der Waals surface area contributed by atoms with Crippen LogP contribution in [0.4, 0.5) is 13.2 Å². The number of alkyl halides is 3. The summed E-state index contributed by atoms with van der Waals surface area (Å²) in [5.74, 6) is -0.257. The fourth-order valence-corrected chi connectivity index (χ4v) is 2.17. The maximum atomic E-state index is 13.2. The summed E-state index contributed by atoms with van der Waals surface area (Å²) >= 11 is 0. The van der Waals surface area contributed by atoms with E-state index in [0.29, 0.717) is 5.56 Å². The molecule has 0 saturated carbocycles. The molecule has 0 radical (unpaired) electrons. The average molecular weight is 304 g/mol. The van der Waals surface area contributed by atoms with Crippen molar-refractivity contribution < 1.29 is 18.3 Å². The van der Waals surface area contributed by atoms with E-state index in [9.17, 15) is 18.3 Å². The Bertz CT molecular complexity index is 746. The number of aromatic hydroxyl groups is 1. The van der Waals surface area contributed by atoms with Crippen LogP contribution in [0.1, 0.15) is 16.7 Å². The van der Waals surface area contributed by atoms with E-state index >= 15 is 0 Å². The number of nitrogens with zero attached hydrogens (tertiary/aromatic N) is 2. The fraction of sp³-hybridized carbons (Fsp3) is 0.125. The van der Waals surface area contributed by atoms with Crippen molar-refractivity contribution >= 4 is 12.2 Å². The minimum atomic E-state index is -4.63. The molecule has 0 atom stereocenters. The van der Waals surface area contributed by atoms with Gasteiger partial charge in [-0.3, -0.25) is 0 Å². The minimum absolute atomic E-state index is 0.174. The second kappa shape index (κ2) is 4.98. The number of hydrogen-bond donors (Lipinski definition) is 1. The summed E-state index contributed by atoms with van der Waals surface area (Å²) in [5.41, 5.74) is -1.56. The highest BCUT2D eigenvalue weighted by Gasteiger charge is 2.65. The molecule has 0 aliphatic carbocycles. The van der Waals surface area contributed by atoms with Gasteiger partial charge < -0.3 is 5.11 Å². The summed E-state index contributed by atoms with van der Waals surface area (Å²) in [6.45, 7) is 0. The molecule has 6 heteroatoms. The van der Waals surface area contributed by atoms with Crippen LogP contribution in [-0.4, -0.2) is 11.3 Å². The van der Waals surface area contributed by atoms with Gasteiger partial charge in [-0.15, -0.1) is 10.2 Å². The predicted molar refractivity (Wildman–Crippen MR) is 76.1 cm³/mol. The molecule has 3 rings (SSSR count). The molecule has 1 aliphatic rings. The first-order chi connectivity index (χ1) is 10.4. The molecule has 0 spiro atoms. The Labute approximate surface area is 124 Å². The maximum Gasteiger partial charge on any atom is 0.442 e. The van der Waals surface area contributed by atoms with Crippen LogP contribution in [0.3, 0.4) is 0 Å². The van der Waals surface area contributed by atoms with Crippen LogP contribution >= 0.6 is 0 Å². The molecule has 0 fully saturated rings. The first-order valence-electron chi connectivity index (χ1n) is 6.50. The molecule has 0 unspecified atom stereocenters. The topological polar surface area (TPSA) is 45.0 Å². The van der Waals surface area contributed by atoms with Crippen LogP contribution in [0.5, 0.6) is 5.75 Å². The summed E-state index contributed by atoms with van der Waals surface area (Å²) in [6, 6.07) is 13.0. The summed E-state index contributed by atoms with van der Waals surface area (Å²) < 4.78 is 39.5. The first kappa shape index (κ1) is 14.3. The summed E-state index contributed by atoms with van der Waals surface area (Å²) in [6.07, 6.45) is -1.38. The van der Waals surface area contributed by atoms with E-state index in [1.54, 1.807) is 12.2 Å². The normalized spacial score (nSPS) is 16.1. The van der Waals surface area contributed by atoms with Crippen molar-refractivity contribution in [3.8, 4) is 5.75 Å². The third kappa shape index (κ3) is 2.47. The summed E-state index contributed by atoms with van der Waals surface area (Å²) in [7, 11) is 0. The average Bonchev–Trinajstić information content (AvgIpc) is 3.28. The minimum Gasteiger partial charge on any atom is -0.508 e. The molecule has 1 heterocycles. The number of halogens is 3. The molecule has 0 aromatic heterocycles. The molecule has 2 aromatic carbocycles. The lowest BCUT2D eigenvalue weighted by Gasteiger charge is -2.17. The maximum absolute atomic E-state index is 13.2. The molecule has 1 N–H and O–H groups in total. The second-order valence-corrected chi connectivity index (χ2v) is 4.89. The Hall–Kier alpha value is -2.63. The Balaban J connectivity index is 2.01. The molecule has 3 nitrogen and oxygen atoms in total. The fourth-order valence-electron chi connectivity index (χ4n) is 2.17. The van der Waals surface area contributed by atoms with E-state index < -0.39 is 11.8 Å². The molecular weight excluding hydrogens is 293 g/mol. The lowest BCUT2D eigenvalue weighted by Crippen LogP contribution is -2.30. The molecule has 22 heavy (non-hydrogen) atoms. The van der Waals surface area contributed by atoms with E-state index in [-0.39, 0.29) is 11.3 Å². The largest absolute Gasteiger partial charge is 0.508 e. The molecule has 0 amide bonds. The van der Waals surface area contributed by atoms with Crippen LogP contribution in [-0.2, 0) is 5.66 Å². The van der Waals surface area contributed by atoms with Crippen LogP contribution < -0.4 is 0 Å². The highest BCUT2D eigenvalue weighted by Crippen LogP contribution is 2.53. The highest BCUT2D eigenvalue weighted by molar-refractivity contribution is 5.72. The van der Waals surface area contributed by atoms with Crippen molar-refractivity contribution in [1.29, 1.82) is 0 Å². The zero-order valence-corrected chi connectivity index (χ0v) is 11.2. The summed E-state index contributed by atoms with van der Waals surface area (Å²) in [5, 5.41) is 15.9. The lowest BCUT2D eigenvalue weighted by atomic mass is 9.95. The predicted octanol–water partition coefficient (Wildman–Crippen LogP) is 4.74. The van der Waals surface area contributed by atoms with Crippen molar-refractivity contribution in [2.45, 2.75) is 11.8 Å². The standard InChI is InChI=1S/C16H11F3N2O/c17-16(18,19)15(20-21-15)14-10-13(22)9-8-12(14)7-6-11-4-2-1-3-5-11/h1-10,22H/b7-6+. The number of phenolic OH excluding ortho intramolecular Hbond substituents is 1. The van der Waals surface area contributed by atoms with Crippen LogP contribution in [0.25, 0.3) is 12.2 Å². The van der Waals surface area contributed by atoms with Gasteiger partial charge >= 0.3 is 11.8 Å². The Kier molecular flexibility index (Phi) is 3.24. The Morgan fingerprint density at radius 2 is 1.64 bits per heavy atom.